The fraction of sp³-hybridized carbons (Fsp3) is 0.481. The molecule has 216 valence electrons. The van der Waals surface area contributed by atoms with E-state index in [1.165, 1.54) is 43.5 Å². The number of phenols is 1. The Balaban J connectivity index is 1.53. The van der Waals surface area contributed by atoms with Gasteiger partial charge in [0, 0.05) is 5.41 Å². The van der Waals surface area contributed by atoms with Crippen LogP contribution in [0.25, 0.3) is 0 Å². The predicted octanol–water partition coefficient (Wildman–Crippen LogP) is -0.930. The molecule has 40 heavy (non-hydrogen) atoms. The Morgan fingerprint density at radius 1 is 1.07 bits per heavy atom. The Kier molecular flexibility index (Phi) is 7.25. The summed E-state index contributed by atoms with van der Waals surface area (Å²) in [6, 6.07) is 5.60. The van der Waals surface area contributed by atoms with Crippen LogP contribution in [-0.2, 0) is 33.3 Å². The number of ether oxygens (including phenoxy) is 5. The van der Waals surface area contributed by atoms with Gasteiger partial charge in [-0.3, -0.25) is 0 Å². The van der Waals surface area contributed by atoms with Gasteiger partial charge in [-0.1, -0.05) is 25.1 Å². The van der Waals surface area contributed by atoms with Crippen molar-refractivity contribution in [3.8, 4) is 5.75 Å². The molecule has 13 nitrogen and oxygen atoms in total. The highest BCUT2D eigenvalue weighted by atomic mass is 16.8. The van der Waals surface area contributed by atoms with E-state index >= 15 is 0 Å². The third-order valence-corrected chi connectivity index (χ3v) is 7.91. The summed E-state index contributed by atoms with van der Waals surface area (Å²) in [7, 11) is 1.19. The first-order valence-corrected chi connectivity index (χ1v) is 12.5. The van der Waals surface area contributed by atoms with Crippen molar-refractivity contribution in [1.29, 1.82) is 0 Å². The van der Waals surface area contributed by atoms with E-state index in [2.05, 4.69) is 0 Å². The number of aromatic hydroxyl groups is 1. The van der Waals surface area contributed by atoms with Crippen molar-refractivity contribution in [3.05, 3.63) is 65.5 Å². The summed E-state index contributed by atoms with van der Waals surface area (Å²) in [4.78, 5) is 25.8. The van der Waals surface area contributed by atoms with Crippen LogP contribution in [0.1, 0.15) is 18.6 Å². The molecule has 5 rings (SSSR count). The zero-order chi connectivity index (χ0) is 29.0. The maximum atomic E-state index is 13.1. The number of rotatable bonds is 6. The monoisotopic (exact) mass is 562 g/mol. The largest absolute Gasteiger partial charge is 0.508 e. The van der Waals surface area contributed by atoms with Crippen LogP contribution in [-0.4, -0.2) is 98.9 Å². The predicted molar refractivity (Wildman–Crippen MR) is 131 cm³/mol. The first-order valence-electron chi connectivity index (χ1n) is 12.5. The van der Waals surface area contributed by atoms with Crippen LogP contribution in [0.2, 0.25) is 0 Å². The molecular formula is C27H30O13. The summed E-state index contributed by atoms with van der Waals surface area (Å²) < 4.78 is 27.9. The standard InChI is InChI=1S/C27H30O13/c1-26-7-8-27(9-14(22(34)40-27)17(30)12-3-5-13(29)6-4-12)21(26)25(37-11-15(26)23(35)36-2)39-24-20(33)19(32)18(31)16(10-28)38-24/h3-9,11,16-21,24-25,28-33H,10H2,1-2H3/t16-,17+,18-,19+,20-,21+,24+,25+,26-,27-/m1/s1. The van der Waals surface area contributed by atoms with Crippen LogP contribution in [0.15, 0.2) is 59.9 Å². The lowest BCUT2D eigenvalue weighted by molar-refractivity contribution is -0.347. The zero-order valence-corrected chi connectivity index (χ0v) is 21.5. The average Bonchev–Trinajstić information content (AvgIpc) is 3.43. The second kappa shape index (κ2) is 10.3. The molecular weight excluding hydrogens is 532 g/mol. The van der Waals surface area contributed by atoms with Gasteiger partial charge in [0.2, 0.25) is 6.29 Å². The Bertz CT molecular complexity index is 1250. The molecule has 0 bridgehead atoms. The fourth-order valence-corrected chi connectivity index (χ4v) is 5.69. The summed E-state index contributed by atoms with van der Waals surface area (Å²) in [5.41, 5.74) is -2.56. The van der Waals surface area contributed by atoms with Crippen molar-refractivity contribution in [3.63, 3.8) is 0 Å². The topological polar surface area (TPSA) is 202 Å². The van der Waals surface area contributed by atoms with Crippen molar-refractivity contribution in [1.82, 2.24) is 0 Å². The Labute approximate surface area is 228 Å². The van der Waals surface area contributed by atoms with E-state index in [0.717, 1.165) is 6.26 Å². The lowest BCUT2D eigenvalue weighted by Gasteiger charge is -2.47. The first-order chi connectivity index (χ1) is 19.0. The number of methoxy groups -OCH3 is 1. The zero-order valence-electron chi connectivity index (χ0n) is 21.5. The number of aliphatic hydroxyl groups excluding tert-OH is 5. The average molecular weight is 563 g/mol. The summed E-state index contributed by atoms with van der Waals surface area (Å²) >= 11 is 0. The van der Waals surface area contributed by atoms with E-state index in [9.17, 15) is 40.2 Å². The molecule has 1 aromatic carbocycles. The summed E-state index contributed by atoms with van der Waals surface area (Å²) in [5.74, 6) is -2.65. The van der Waals surface area contributed by atoms with Crippen molar-refractivity contribution in [2.75, 3.05) is 13.7 Å². The fourth-order valence-electron chi connectivity index (χ4n) is 5.69. The maximum absolute atomic E-state index is 13.1. The molecule has 1 fully saturated rings. The van der Waals surface area contributed by atoms with Gasteiger partial charge < -0.3 is 54.3 Å². The van der Waals surface area contributed by atoms with Crippen molar-refractivity contribution in [2.24, 2.45) is 11.3 Å². The SMILES string of the molecule is COC(=O)C1=CO[C@@H](O[C@@H]2O[C@H](CO)[C@@H](O)[C@H](O)[C@H]2O)[C@@H]2[C@@]3(C=C[C@]12C)C=C([C@@H](O)c1ccc(O)cc1)C(=O)O3. The second-order valence-corrected chi connectivity index (χ2v) is 10.3. The second-order valence-electron chi connectivity index (χ2n) is 10.3. The molecule has 10 atom stereocenters. The van der Waals surface area contributed by atoms with Gasteiger partial charge in [-0.2, -0.15) is 0 Å². The highest BCUT2D eigenvalue weighted by Gasteiger charge is 2.64. The van der Waals surface area contributed by atoms with Crippen molar-refractivity contribution < 1.29 is 63.9 Å². The van der Waals surface area contributed by atoms with E-state index in [1.807, 2.05) is 0 Å². The molecule has 1 aromatic rings. The highest BCUT2D eigenvalue weighted by Crippen LogP contribution is 2.58. The summed E-state index contributed by atoms with van der Waals surface area (Å²) in [5, 5.41) is 61.0. The number of hydrogen-bond donors (Lipinski definition) is 6. The number of fused-ring (bicyclic) bond motifs is 2. The van der Waals surface area contributed by atoms with Gasteiger partial charge in [-0.05, 0) is 29.8 Å². The van der Waals surface area contributed by atoms with Crippen LogP contribution in [0.5, 0.6) is 5.75 Å². The Morgan fingerprint density at radius 3 is 2.42 bits per heavy atom. The number of allylic oxidation sites excluding steroid dienone is 1. The van der Waals surface area contributed by atoms with Gasteiger partial charge in [0.1, 0.15) is 36.3 Å². The molecule has 6 N–H and O–H groups in total. The van der Waals surface area contributed by atoms with E-state index in [-0.39, 0.29) is 16.9 Å². The highest BCUT2D eigenvalue weighted by molar-refractivity contribution is 5.94. The first kappa shape index (κ1) is 28.2. The molecule has 0 amide bonds. The van der Waals surface area contributed by atoms with E-state index in [4.69, 9.17) is 23.7 Å². The minimum Gasteiger partial charge on any atom is -0.508 e. The van der Waals surface area contributed by atoms with Crippen LogP contribution in [0.3, 0.4) is 0 Å². The quantitative estimate of drug-likeness (QED) is 0.184. The van der Waals surface area contributed by atoms with E-state index in [1.54, 1.807) is 13.0 Å². The van der Waals surface area contributed by atoms with Crippen LogP contribution in [0, 0.1) is 11.3 Å². The minimum atomic E-state index is -1.75. The number of carbonyl (C=O) groups is 2. The lowest BCUT2D eigenvalue weighted by Crippen LogP contribution is -2.61. The Morgan fingerprint density at radius 2 is 1.77 bits per heavy atom. The van der Waals surface area contributed by atoms with Crippen molar-refractivity contribution in [2.45, 2.75) is 55.6 Å². The molecule has 1 spiro atoms. The van der Waals surface area contributed by atoms with Crippen LogP contribution < -0.4 is 0 Å². The van der Waals surface area contributed by atoms with Gasteiger partial charge in [0.05, 0.1) is 37.0 Å². The number of aliphatic hydroxyl groups is 5. The molecule has 3 heterocycles. The van der Waals surface area contributed by atoms with Gasteiger partial charge in [0.15, 0.2) is 11.9 Å². The number of esters is 2. The smallest absolute Gasteiger partial charge is 0.338 e. The van der Waals surface area contributed by atoms with Gasteiger partial charge >= 0.3 is 11.9 Å². The molecule has 3 aliphatic heterocycles. The van der Waals surface area contributed by atoms with Gasteiger partial charge in [0.25, 0.3) is 0 Å². The van der Waals surface area contributed by atoms with Crippen molar-refractivity contribution >= 4 is 11.9 Å². The van der Waals surface area contributed by atoms with Gasteiger partial charge in [-0.15, -0.1) is 0 Å². The molecule has 0 radical (unpaired) electrons. The molecule has 0 aromatic heterocycles. The summed E-state index contributed by atoms with van der Waals surface area (Å²) in [6.07, 6.45) is -5.10. The maximum Gasteiger partial charge on any atom is 0.338 e. The summed E-state index contributed by atoms with van der Waals surface area (Å²) in [6.45, 7) is 0.974. The number of benzene rings is 1. The molecule has 1 aliphatic carbocycles. The number of carbonyl (C=O) groups excluding carboxylic acids is 2. The van der Waals surface area contributed by atoms with Gasteiger partial charge in [-0.25, -0.2) is 9.59 Å². The molecule has 0 saturated carbocycles. The van der Waals surface area contributed by atoms with E-state index in [0.29, 0.717) is 5.56 Å². The molecule has 13 heteroatoms. The Hall–Kier alpha value is -3.30. The van der Waals surface area contributed by atoms with Crippen LogP contribution >= 0.6 is 0 Å². The minimum absolute atomic E-state index is 0.0282. The molecule has 4 aliphatic rings. The molecule has 1 saturated heterocycles. The normalized spacial score (nSPS) is 39.2. The lowest BCUT2D eigenvalue weighted by atomic mass is 9.68. The number of phenolic OH excluding ortho intramolecular Hbond substituents is 1. The third kappa shape index (κ3) is 4.39. The number of hydrogen-bond acceptors (Lipinski definition) is 13. The third-order valence-electron chi connectivity index (χ3n) is 7.91. The van der Waals surface area contributed by atoms with E-state index < -0.39 is 78.6 Å². The van der Waals surface area contributed by atoms with Crippen LogP contribution in [0.4, 0.5) is 0 Å². The molecule has 0 unspecified atom stereocenters.